The standard InChI is InChI=1S/C23H37N7O6/c1-13(2)18(19(25)31)30(4)23(35)36-12-15-7-9-16(10-8-15)28-21(33)17(29-20(32)14(3)24)6-5-11-27-22(26)34/h7-10,13-14,17-18H,5-6,11-12,24H2,1-4H3,(H2,25,31)(H,28,33)(H,29,32)(H3,26,27,34)/t14-,17-,18-/m0/s1. The van der Waals surface area contributed by atoms with Crippen LogP contribution >= 0.6 is 0 Å². The Morgan fingerprint density at radius 1 is 1.00 bits per heavy atom. The third kappa shape index (κ3) is 10.2. The van der Waals surface area contributed by atoms with Crippen LogP contribution in [0.15, 0.2) is 24.3 Å². The van der Waals surface area contributed by atoms with Crippen LogP contribution in [-0.4, -0.2) is 66.5 Å². The van der Waals surface area contributed by atoms with Gasteiger partial charge in [0.2, 0.25) is 17.7 Å². The largest absolute Gasteiger partial charge is 0.445 e. The van der Waals surface area contributed by atoms with Gasteiger partial charge in [0.1, 0.15) is 18.7 Å². The minimum atomic E-state index is -0.881. The van der Waals surface area contributed by atoms with Crippen LogP contribution in [-0.2, 0) is 25.7 Å². The van der Waals surface area contributed by atoms with Crippen LogP contribution in [0.4, 0.5) is 15.3 Å². The number of amides is 6. The Bertz CT molecular complexity index is 920. The fourth-order valence-corrected chi connectivity index (χ4v) is 3.33. The lowest BCUT2D eigenvalue weighted by molar-refractivity contribution is -0.127. The van der Waals surface area contributed by atoms with Gasteiger partial charge in [0.25, 0.3) is 0 Å². The van der Waals surface area contributed by atoms with Crippen molar-refractivity contribution in [2.45, 2.75) is 58.3 Å². The van der Waals surface area contributed by atoms with Crippen LogP contribution in [0.25, 0.3) is 0 Å². The third-order valence-corrected chi connectivity index (χ3v) is 5.23. The highest BCUT2D eigenvalue weighted by Crippen LogP contribution is 2.14. The number of nitrogens with two attached hydrogens (primary N) is 3. The summed E-state index contributed by atoms with van der Waals surface area (Å²) >= 11 is 0. The van der Waals surface area contributed by atoms with Crippen LogP contribution < -0.4 is 33.2 Å². The summed E-state index contributed by atoms with van der Waals surface area (Å²) in [5, 5.41) is 7.73. The lowest BCUT2D eigenvalue weighted by Gasteiger charge is -2.27. The Balaban J connectivity index is 2.73. The van der Waals surface area contributed by atoms with Crippen LogP contribution in [0.5, 0.6) is 0 Å². The van der Waals surface area contributed by atoms with Gasteiger partial charge in [-0.05, 0) is 43.4 Å². The van der Waals surface area contributed by atoms with Crippen LogP contribution in [0, 0.1) is 5.92 Å². The maximum atomic E-state index is 12.8. The maximum absolute atomic E-state index is 12.8. The zero-order chi connectivity index (χ0) is 27.4. The molecule has 0 bridgehead atoms. The quantitative estimate of drug-likeness (QED) is 0.201. The van der Waals surface area contributed by atoms with E-state index in [2.05, 4.69) is 16.0 Å². The van der Waals surface area contributed by atoms with Gasteiger partial charge in [0.15, 0.2) is 0 Å². The SMILES string of the molecule is CC(C)[C@@H](C(N)=O)N(C)C(=O)OCc1ccc(NC(=O)[C@H](CCCNC(N)=O)NC(=O)[C@H](C)N)cc1. The van der Waals surface area contributed by atoms with Gasteiger partial charge in [-0.1, -0.05) is 26.0 Å². The average molecular weight is 508 g/mol. The molecule has 1 aromatic rings. The minimum Gasteiger partial charge on any atom is -0.445 e. The van der Waals surface area contributed by atoms with Crippen molar-refractivity contribution in [3.05, 3.63) is 29.8 Å². The number of primary amides is 2. The van der Waals surface area contributed by atoms with Gasteiger partial charge in [-0.15, -0.1) is 0 Å². The van der Waals surface area contributed by atoms with Crippen molar-refractivity contribution >= 4 is 35.5 Å². The van der Waals surface area contributed by atoms with Crippen molar-refractivity contribution in [3.8, 4) is 0 Å². The van der Waals surface area contributed by atoms with Crippen molar-refractivity contribution in [1.29, 1.82) is 0 Å². The Morgan fingerprint density at radius 3 is 2.11 bits per heavy atom. The minimum absolute atomic E-state index is 0.0547. The first kappa shape index (κ1) is 30.2. The normalized spacial score (nSPS) is 13.2. The van der Waals surface area contributed by atoms with E-state index in [0.717, 1.165) is 4.90 Å². The summed E-state index contributed by atoms with van der Waals surface area (Å²) in [6, 6.07) is 3.39. The molecule has 0 saturated carbocycles. The molecule has 0 aromatic heterocycles. The van der Waals surface area contributed by atoms with Crippen LogP contribution in [0.2, 0.25) is 0 Å². The Hall–Kier alpha value is -3.87. The molecule has 0 aliphatic carbocycles. The molecule has 1 rings (SSSR count). The summed E-state index contributed by atoms with van der Waals surface area (Å²) in [7, 11) is 1.45. The molecule has 9 N–H and O–H groups in total. The van der Waals surface area contributed by atoms with Crippen molar-refractivity contribution in [3.63, 3.8) is 0 Å². The summed E-state index contributed by atoms with van der Waals surface area (Å²) in [6.45, 7) is 5.24. The van der Waals surface area contributed by atoms with Gasteiger partial charge < -0.3 is 37.9 Å². The Morgan fingerprint density at radius 2 is 1.61 bits per heavy atom. The number of nitrogens with one attached hydrogen (secondary N) is 3. The molecular weight excluding hydrogens is 470 g/mol. The molecule has 0 saturated heterocycles. The first-order chi connectivity index (χ1) is 16.8. The fraction of sp³-hybridized carbons (Fsp3) is 0.522. The summed E-state index contributed by atoms with van der Waals surface area (Å²) in [4.78, 5) is 60.7. The molecule has 13 nitrogen and oxygen atoms in total. The summed E-state index contributed by atoms with van der Waals surface area (Å²) in [5.74, 6) is -1.75. The van der Waals surface area contributed by atoms with Gasteiger partial charge >= 0.3 is 12.1 Å². The lowest BCUT2D eigenvalue weighted by atomic mass is 10.0. The number of ether oxygens (including phenoxy) is 1. The average Bonchev–Trinajstić information content (AvgIpc) is 2.79. The predicted molar refractivity (Wildman–Crippen MR) is 133 cm³/mol. The smallest absolute Gasteiger partial charge is 0.410 e. The summed E-state index contributed by atoms with van der Waals surface area (Å²) in [5.41, 5.74) is 17.1. The second kappa shape index (κ2) is 14.5. The molecular formula is C23H37N7O6. The van der Waals surface area contributed by atoms with E-state index in [-0.39, 0.29) is 25.5 Å². The molecule has 0 spiro atoms. The van der Waals surface area contributed by atoms with E-state index in [1.807, 2.05) is 0 Å². The van der Waals surface area contributed by atoms with Crippen molar-refractivity contribution < 1.29 is 28.7 Å². The number of carbonyl (C=O) groups is 5. The van der Waals surface area contributed by atoms with E-state index in [9.17, 15) is 24.0 Å². The number of benzene rings is 1. The molecule has 0 fully saturated rings. The Labute approximate surface area is 210 Å². The molecule has 1 aromatic carbocycles. The number of likely N-dealkylation sites (N-methyl/N-ethyl adjacent to an activating group) is 1. The highest BCUT2D eigenvalue weighted by atomic mass is 16.6. The molecule has 0 radical (unpaired) electrons. The highest BCUT2D eigenvalue weighted by molar-refractivity contribution is 5.97. The van der Waals surface area contributed by atoms with Gasteiger partial charge in [0, 0.05) is 19.3 Å². The second-order valence-electron chi connectivity index (χ2n) is 8.73. The third-order valence-electron chi connectivity index (χ3n) is 5.23. The first-order valence-electron chi connectivity index (χ1n) is 11.5. The van der Waals surface area contributed by atoms with Crippen molar-refractivity contribution in [2.75, 3.05) is 18.9 Å². The number of hydrogen-bond acceptors (Lipinski definition) is 7. The molecule has 0 aliphatic heterocycles. The highest BCUT2D eigenvalue weighted by Gasteiger charge is 2.29. The second-order valence-corrected chi connectivity index (χ2v) is 8.73. The van der Waals surface area contributed by atoms with Gasteiger partial charge in [-0.3, -0.25) is 19.3 Å². The number of carbonyl (C=O) groups excluding carboxylic acids is 5. The summed E-state index contributed by atoms with van der Waals surface area (Å²) in [6.07, 6.45) is -0.0512. The maximum Gasteiger partial charge on any atom is 0.410 e. The number of hydrogen-bond donors (Lipinski definition) is 6. The van der Waals surface area contributed by atoms with E-state index in [1.165, 1.54) is 14.0 Å². The number of rotatable bonds is 13. The molecule has 3 atom stereocenters. The van der Waals surface area contributed by atoms with Gasteiger partial charge in [0.05, 0.1) is 6.04 Å². The fourth-order valence-electron chi connectivity index (χ4n) is 3.33. The molecule has 6 amide bonds. The molecule has 13 heteroatoms. The summed E-state index contributed by atoms with van der Waals surface area (Å²) < 4.78 is 5.26. The van der Waals surface area contributed by atoms with Crippen molar-refractivity contribution in [1.82, 2.24) is 15.5 Å². The van der Waals surface area contributed by atoms with E-state index >= 15 is 0 Å². The topological polar surface area (TPSA) is 212 Å². The number of anilines is 1. The first-order valence-corrected chi connectivity index (χ1v) is 11.5. The van der Waals surface area contributed by atoms with E-state index in [4.69, 9.17) is 21.9 Å². The zero-order valence-corrected chi connectivity index (χ0v) is 21.1. The van der Waals surface area contributed by atoms with Crippen LogP contribution in [0.3, 0.4) is 0 Å². The monoisotopic (exact) mass is 507 g/mol. The van der Waals surface area contributed by atoms with Crippen molar-refractivity contribution in [2.24, 2.45) is 23.1 Å². The van der Waals surface area contributed by atoms with Gasteiger partial charge in [-0.25, -0.2) is 9.59 Å². The number of urea groups is 1. The van der Waals surface area contributed by atoms with Gasteiger partial charge in [-0.2, -0.15) is 0 Å². The molecule has 0 heterocycles. The molecule has 0 unspecified atom stereocenters. The molecule has 36 heavy (non-hydrogen) atoms. The van der Waals surface area contributed by atoms with E-state index < -0.39 is 48.0 Å². The molecule has 0 aliphatic rings. The predicted octanol–water partition coefficient (Wildman–Crippen LogP) is -0.0161. The molecule has 200 valence electrons. The Kier molecular flexibility index (Phi) is 12.2. The number of nitrogens with zero attached hydrogens (tertiary/aromatic N) is 1. The van der Waals surface area contributed by atoms with Crippen LogP contribution in [0.1, 0.15) is 39.2 Å². The zero-order valence-electron chi connectivity index (χ0n) is 21.1. The van der Waals surface area contributed by atoms with E-state index in [0.29, 0.717) is 17.7 Å². The van der Waals surface area contributed by atoms with E-state index in [1.54, 1.807) is 38.1 Å². The lowest BCUT2D eigenvalue weighted by Crippen LogP contribution is -2.49.